The number of ether oxygens (including phenoxy) is 7. The van der Waals surface area contributed by atoms with Gasteiger partial charge in [0.2, 0.25) is 59.1 Å². The number of primary amides is 1. The lowest BCUT2D eigenvalue weighted by molar-refractivity contribution is -0.386. The summed E-state index contributed by atoms with van der Waals surface area (Å²) in [6, 6.07) is 12.3. The van der Waals surface area contributed by atoms with Crippen LogP contribution in [0.4, 0.5) is 5.69 Å². The number of carboxylic acid groups (broad SMARTS) is 1. The zero-order chi connectivity index (χ0) is 96.4. The van der Waals surface area contributed by atoms with E-state index in [0.717, 1.165) is 61.9 Å². The first-order chi connectivity index (χ1) is 62.5. The maximum atomic E-state index is 16.4. The van der Waals surface area contributed by atoms with Crippen LogP contribution in [0.2, 0.25) is 10.0 Å². The Bertz CT molecular complexity index is 5490. The highest BCUT2D eigenvalue weighted by Gasteiger charge is 2.52. The summed E-state index contributed by atoms with van der Waals surface area (Å²) in [6.45, 7) is 10.9. The number of carboxylic acids is 1. The molecular weight excluding hydrogens is 2000 g/mol. The molecular formula is C89H103Cl2I2N11O28. The summed E-state index contributed by atoms with van der Waals surface area (Å²) >= 11 is 18.2. The molecule has 6 aliphatic rings. The number of phenolic OH excluding ortho intramolecular Hbond substituents is 2. The standard InChI is InChI=1S/C89H103Cl2I2N11O28/c1-9-10-25-127-74-40(4)12-20-49(70(74)104(124)125)79(115)96-24-11-26-126-48-18-13-42(14-19-48)37-97-88(6,77(113)41(5)92)36-64(109)131-76-73(112)72(111)62(38-105)130-86(76)132-75-60-31-46-32-61(75)129-59-23-17-45(30-53(59)91)78(114)89(7)87(123)102-68(85(121)122)51-33-47(106)34-57(107)65(51)50-28-43(15-21-54(50)93)66(84(120)103-89)100-82(118)67(46)99-81(117)56(35-63(94)108)98-83(119)69(101-80(116)55(95-8)27-39(2)3)71(110)44-16-22-58(128-60)52(90)29-44/h12-23,28-34,39,41,55-56,62,64,66-69,71-73,76-78,86,95,97,105-107,109-114H,9-11,24-27,35-38H2,1-8H3,(H2,94,108)(H,96,115)(H,98,119)(H,99,117)(H,100,118)(H,101,116)(H,102,123)(H,103,120)(H,121,122)/t41?,55?,56-,62?,64+,66+,67+,68+,69+,71+,72-,73?,76+,77-,78?,86?,88-,89-/m0/s1. The van der Waals surface area contributed by atoms with Gasteiger partial charge in [-0.1, -0.05) is 116 Å². The maximum absolute atomic E-state index is 16.4. The second kappa shape index (κ2) is 44.0. The van der Waals surface area contributed by atoms with Gasteiger partial charge >= 0.3 is 11.7 Å². The molecule has 7 aromatic rings. The van der Waals surface area contributed by atoms with E-state index in [1.54, 1.807) is 51.1 Å². The zero-order valence-electron chi connectivity index (χ0n) is 72.4. The summed E-state index contributed by atoms with van der Waals surface area (Å²) in [6.07, 6.45) is -17.8. The number of halogens is 4. The monoisotopic (exact) mass is 2100 g/mol. The highest BCUT2D eigenvalue weighted by molar-refractivity contribution is 14.1. The fourth-order valence-corrected chi connectivity index (χ4v) is 17.4. The number of nitrogens with one attached hydrogen (secondary N) is 9. The Morgan fingerprint density at radius 2 is 1.39 bits per heavy atom. The van der Waals surface area contributed by atoms with Gasteiger partial charge in [0.05, 0.1) is 53.4 Å². The Hall–Kier alpha value is -10.6. The van der Waals surface area contributed by atoms with Crippen molar-refractivity contribution < 1.29 is 132 Å². The molecule has 18 atom stereocenters. The SMILES string of the molecule is CCCCOc1c(C)ccc(C(=O)NCCCOc2ccc(CN[C@@](C)(C[C@H](O)O[C@H]3C(Oc4c5cc6cc4Oc4ccc(cc4Cl)[C@@H](O)[C@@H](NC(=O)C(CC(C)C)NC)C(=O)N[C@@H](CC(N)=O)C(=O)N[C@H]6C(=O)N[C@H]4C(=O)N[C@](C)(C(=O)N[C@@H](C(=O)O)c6cc(O)cc(O)c6-c6cc4ccc6I)C(O)c4ccc(c(Cl)c4)O5)OC(CO)[C@H](O)C3O)[C@@H](O)C(C)I)cc2)c1[N+](=O)[O-]. The predicted molar refractivity (Wildman–Crippen MR) is 490 cm³/mol. The number of hydrogen-bond donors (Lipinski definition) is 20. The molecule has 0 saturated carbocycles. The average Bonchev–Trinajstić information content (AvgIpc) is 0.753. The number of phenols is 2. The molecule has 710 valence electrons. The van der Waals surface area contributed by atoms with E-state index in [9.17, 15) is 80.4 Å². The van der Waals surface area contributed by atoms with Gasteiger partial charge in [-0.25, -0.2) is 4.79 Å². The third-order valence-corrected chi connectivity index (χ3v) is 25.0. The summed E-state index contributed by atoms with van der Waals surface area (Å²) in [7, 11) is 1.47. The molecule has 1 fully saturated rings. The number of rotatable bonds is 31. The molecule has 1 saturated heterocycles. The van der Waals surface area contributed by atoms with Crippen molar-refractivity contribution in [2.24, 2.45) is 11.7 Å². The Balaban J connectivity index is 1.01. The number of fused-ring (bicyclic) bond motifs is 15. The first kappa shape index (κ1) is 102. The van der Waals surface area contributed by atoms with Gasteiger partial charge < -0.3 is 138 Å². The van der Waals surface area contributed by atoms with Gasteiger partial charge in [0, 0.05) is 49.7 Å². The highest BCUT2D eigenvalue weighted by Crippen LogP contribution is 2.50. The third-order valence-electron chi connectivity index (χ3n) is 22.8. The van der Waals surface area contributed by atoms with Crippen molar-refractivity contribution in [2.45, 2.75) is 200 Å². The normalized spacial score (nSPS) is 23.4. The van der Waals surface area contributed by atoms with Crippen molar-refractivity contribution in [2.75, 3.05) is 33.4 Å². The van der Waals surface area contributed by atoms with Crippen molar-refractivity contribution in [3.8, 4) is 62.9 Å². The Kier molecular flexibility index (Phi) is 34.0. The number of aliphatic carboxylic acids is 1. The van der Waals surface area contributed by atoms with Crippen molar-refractivity contribution in [3.05, 3.63) is 183 Å². The lowest BCUT2D eigenvalue weighted by Gasteiger charge is -2.44. The number of hydrogen-bond acceptors (Lipinski definition) is 29. The van der Waals surface area contributed by atoms with Crippen molar-refractivity contribution >= 4 is 127 Å². The first-order valence-electron chi connectivity index (χ1n) is 42.0. The molecule has 7 aromatic carbocycles. The second-order valence-electron chi connectivity index (χ2n) is 33.1. The molecule has 21 N–H and O–H groups in total. The summed E-state index contributed by atoms with van der Waals surface area (Å²) in [5, 5.41) is 154. The van der Waals surface area contributed by atoms with Crippen LogP contribution in [-0.2, 0) is 54.4 Å². The van der Waals surface area contributed by atoms with Crippen LogP contribution in [0.3, 0.4) is 0 Å². The molecule has 43 heteroatoms. The number of likely N-dealkylation sites (N-methyl/N-ethyl adjacent to an activating group) is 1. The number of aliphatic hydroxyl groups excluding tert-OH is 7. The molecule has 0 radical (unpaired) electrons. The van der Waals surface area contributed by atoms with Gasteiger partial charge in [-0.2, -0.15) is 0 Å². The number of nitrogens with two attached hydrogens (primary N) is 1. The van der Waals surface area contributed by atoms with Crippen LogP contribution in [-0.4, -0.2) is 219 Å². The van der Waals surface area contributed by atoms with Crippen molar-refractivity contribution in [3.63, 3.8) is 0 Å². The van der Waals surface area contributed by atoms with Crippen molar-refractivity contribution in [1.29, 1.82) is 0 Å². The Morgan fingerprint density at radius 3 is 2.01 bits per heavy atom. The average molecular weight is 2100 g/mol. The minimum atomic E-state index is -2.79. The minimum absolute atomic E-state index is 0.0154. The molecule has 0 aromatic heterocycles. The number of nitrogens with zero attached hydrogens (tertiary/aromatic N) is 1. The minimum Gasteiger partial charge on any atom is -0.508 e. The van der Waals surface area contributed by atoms with Crippen LogP contribution in [0, 0.1) is 26.5 Å². The van der Waals surface area contributed by atoms with Crippen LogP contribution in [0.5, 0.6) is 51.7 Å². The number of benzene rings is 7. The van der Waals surface area contributed by atoms with Gasteiger partial charge in [-0.3, -0.25) is 48.5 Å². The predicted octanol–water partition coefficient (Wildman–Crippen LogP) is 6.22. The number of unbranched alkanes of at least 4 members (excludes halogenated alkanes) is 1. The first-order valence-corrected chi connectivity index (χ1v) is 45.0. The Morgan fingerprint density at radius 1 is 0.758 bits per heavy atom. The second-order valence-corrected chi connectivity index (χ2v) is 37.0. The van der Waals surface area contributed by atoms with E-state index in [2.05, 4.69) is 47.9 Å². The number of aliphatic hydroxyl groups is 7. The van der Waals surface area contributed by atoms with Gasteiger partial charge in [-0.05, 0) is 187 Å². The lowest BCUT2D eigenvalue weighted by atomic mass is 9.85. The number of nitro groups is 1. The molecule has 0 spiro atoms. The largest absolute Gasteiger partial charge is 0.508 e. The summed E-state index contributed by atoms with van der Waals surface area (Å²) in [4.78, 5) is 144. The number of carbonyl (C=O) groups excluding carboxylic acids is 8. The van der Waals surface area contributed by atoms with Crippen LogP contribution in [0.25, 0.3) is 11.1 Å². The number of aryl methyl sites for hydroxylation is 1. The van der Waals surface area contributed by atoms with E-state index in [1.807, 2.05) is 66.0 Å². The molecule has 0 aliphatic carbocycles. The summed E-state index contributed by atoms with van der Waals surface area (Å²) in [5.41, 5.74) is -0.0165. The number of amides is 8. The van der Waals surface area contributed by atoms with Gasteiger partial charge in [0.15, 0.2) is 29.9 Å². The van der Waals surface area contributed by atoms with Crippen molar-refractivity contribution in [1.82, 2.24) is 47.9 Å². The van der Waals surface area contributed by atoms with E-state index in [-0.39, 0.29) is 87.1 Å². The molecule has 6 heterocycles. The lowest BCUT2D eigenvalue weighted by Crippen LogP contribution is -2.63. The zero-order valence-corrected chi connectivity index (χ0v) is 78.2. The molecule has 132 heavy (non-hydrogen) atoms. The van der Waals surface area contributed by atoms with E-state index in [4.69, 9.17) is 62.1 Å². The van der Waals surface area contributed by atoms with Crippen LogP contribution < -0.4 is 77.3 Å². The Labute approximate surface area is 793 Å². The summed E-state index contributed by atoms with van der Waals surface area (Å²) in [5.74, 6) is -15.5. The smallest absolute Gasteiger partial charge is 0.330 e. The molecule has 6 unspecified atom stereocenters. The molecule has 39 nitrogen and oxygen atoms in total. The van der Waals surface area contributed by atoms with E-state index in [1.165, 1.54) is 43.4 Å². The molecule has 6 aliphatic heterocycles. The number of carbonyl (C=O) groups is 9. The topological polar surface area (TPSA) is 598 Å². The molecule has 8 amide bonds. The molecule has 13 rings (SSSR count). The van der Waals surface area contributed by atoms with Crippen LogP contribution in [0.15, 0.2) is 115 Å². The van der Waals surface area contributed by atoms with Crippen LogP contribution in [0.1, 0.15) is 160 Å². The van der Waals surface area contributed by atoms with Crippen LogP contribution >= 0.6 is 68.4 Å². The van der Waals surface area contributed by atoms with Gasteiger partial charge in [0.25, 0.3) is 5.91 Å². The van der Waals surface area contributed by atoms with E-state index in [0.29, 0.717) is 29.7 Å². The third kappa shape index (κ3) is 23.6. The summed E-state index contributed by atoms with van der Waals surface area (Å²) < 4.78 is 44.2. The fourth-order valence-electron chi connectivity index (χ4n) is 15.6. The number of alkyl halides is 1. The molecule has 11 bridgehead atoms. The van der Waals surface area contributed by atoms with Gasteiger partial charge in [-0.15, -0.1) is 0 Å². The van der Waals surface area contributed by atoms with E-state index >= 15 is 24.0 Å². The van der Waals surface area contributed by atoms with Gasteiger partial charge in [0.1, 0.15) is 94.5 Å². The van der Waals surface area contributed by atoms with E-state index < -0.39 is 246 Å². The highest BCUT2D eigenvalue weighted by atomic mass is 127. The maximum Gasteiger partial charge on any atom is 0.330 e. The number of nitro benzene ring substituents is 1. The number of aromatic hydroxyl groups is 2. The quantitative estimate of drug-likeness (QED) is 0.00572. The fraction of sp³-hybridized carbons (Fsp3) is 0.427.